The number of carbonyl (C=O) groups excluding carboxylic acids is 3. The summed E-state index contributed by atoms with van der Waals surface area (Å²) >= 11 is 0. The third-order valence-corrected chi connectivity index (χ3v) is 7.78. The summed E-state index contributed by atoms with van der Waals surface area (Å²) in [6.45, 7) is 2.13. The molecule has 1 aromatic heterocycles. The molecule has 2 amide bonds. The van der Waals surface area contributed by atoms with Gasteiger partial charge in [-0.15, -0.1) is 0 Å². The van der Waals surface area contributed by atoms with Gasteiger partial charge in [-0.2, -0.15) is 0 Å². The highest BCUT2D eigenvalue weighted by Gasteiger charge is 2.45. The summed E-state index contributed by atoms with van der Waals surface area (Å²) in [6.07, 6.45) is 11.8. The average molecular weight is 424 g/mol. The molecule has 2 aliphatic heterocycles. The van der Waals surface area contributed by atoms with Gasteiger partial charge in [-0.3, -0.25) is 24.5 Å². The molecular formula is C24H29N3O4. The Bertz CT molecular complexity index is 1010. The number of nitrogens with zero attached hydrogens (tertiary/aromatic N) is 1. The molecule has 3 fully saturated rings. The lowest BCUT2D eigenvalue weighted by Crippen LogP contribution is -2.48. The molecule has 1 unspecified atom stereocenters. The predicted molar refractivity (Wildman–Crippen MR) is 115 cm³/mol. The van der Waals surface area contributed by atoms with E-state index in [4.69, 9.17) is 0 Å². The van der Waals surface area contributed by atoms with Gasteiger partial charge < -0.3 is 9.88 Å². The molecule has 0 aromatic carbocycles. The smallest absolute Gasteiger partial charge is 0.254 e. The first-order valence-corrected chi connectivity index (χ1v) is 11.5. The summed E-state index contributed by atoms with van der Waals surface area (Å²) < 4.78 is 1.86. The van der Waals surface area contributed by atoms with Gasteiger partial charge in [-0.25, -0.2) is 0 Å². The van der Waals surface area contributed by atoms with E-state index in [-0.39, 0.29) is 41.0 Å². The van der Waals surface area contributed by atoms with E-state index >= 15 is 0 Å². The Labute approximate surface area is 181 Å². The van der Waals surface area contributed by atoms with Crippen molar-refractivity contribution in [3.8, 4) is 0 Å². The molecule has 1 saturated carbocycles. The number of hydrogen-bond donors (Lipinski definition) is 2. The maximum Gasteiger partial charge on any atom is 0.254 e. The number of rotatable bonds is 3. The molecule has 2 atom stereocenters. The molecule has 31 heavy (non-hydrogen) atoms. The third kappa shape index (κ3) is 3.69. The standard InChI is InChI=1S/C24H29N3O4/c28-20-6-4-16(22(30)26-20)2-1-15-3-5-19-18(21(15)29)7-12-27(23(19)31)17-13-24(14-17)8-10-25-11-9-24/h1-2,7,12,15-17,25H,3-6,8-11,13-14H2,(H,26,28,30)/b2-1+/t15?,16-/m1/s1. The summed E-state index contributed by atoms with van der Waals surface area (Å²) in [7, 11) is 0. The Morgan fingerprint density at radius 1 is 0.968 bits per heavy atom. The van der Waals surface area contributed by atoms with Crippen LogP contribution in [0.25, 0.3) is 0 Å². The van der Waals surface area contributed by atoms with Crippen LogP contribution < -0.4 is 16.2 Å². The van der Waals surface area contributed by atoms with Gasteiger partial charge >= 0.3 is 0 Å². The fraction of sp³-hybridized carbons (Fsp3) is 0.583. The van der Waals surface area contributed by atoms with Crippen LogP contribution >= 0.6 is 0 Å². The summed E-state index contributed by atoms with van der Waals surface area (Å²) in [5.41, 5.74) is 1.56. The van der Waals surface area contributed by atoms with Gasteiger partial charge in [0.15, 0.2) is 5.78 Å². The topological polar surface area (TPSA) is 97.3 Å². The van der Waals surface area contributed by atoms with Crippen LogP contribution in [0, 0.1) is 17.3 Å². The Morgan fingerprint density at radius 2 is 1.68 bits per heavy atom. The highest BCUT2D eigenvalue weighted by molar-refractivity contribution is 6.01. The molecule has 3 heterocycles. The molecule has 4 aliphatic rings. The van der Waals surface area contributed by atoms with Gasteiger partial charge in [0.1, 0.15) is 0 Å². The van der Waals surface area contributed by atoms with Crippen LogP contribution in [0.1, 0.15) is 66.9 Å². The molecule has 0 bridgehead atoms. The van der Waals surface area contributed by atoms with E-state index in [1.165, 1.54) is 12.8 Å². The Morgan fingerprint density at radius 3 is 2.42 bits per heavy atom. The van der Waals surface area contributed by atoms with Gasteiger partial charge in [0.05, 0.1) is 5.92 Å². The number of imide groups is 1. The predicted octanol–water partition coefficient (Wildman–Crippen LogP) is 1.91. The monoisotopic (exact) mass is 423 g/mol. The highest BCUT2D eigenvalue weighted by atomic mass is 16.2. The molecule has 1 spiro atoms. The van der Waals surface area contributed by atoms with Crippen LogP contribution in [0.3, 0.4) is 0 Å². The second-order valence-electron chi connectivity index (χ2n) is 9.68. The van der Waals surface area contributed by atoms with E-state index in [0.29, 0.717) is 42.2 Å². The number of allylic oxidation sites excluding steroid dienone is 1. The number of amides is 2. The molecule has 7 heteroatoms. The largest absolute Gasteiger partial charge is 0.317 e. The average Bonchev–Trinajstić information content (AvgIpc) is 2.74. The lowest BCUT2D eigenvalue weighted by molar-refractivity contribution is -0.135. The minimum absolute atomic E-state index is 0.00719. The second-order valence-corrected chi connectivity index (χ2v) is 9.68. The quantitative estimate of drug-likeness (QED) is 0.572. The Balaban J connectivity index is 1.29. The van der Waals surface area contributed by atoms with Crippen molar-refractivity contribution in [2.75, 3.05) is 13.1 Å². The first-order valence-electron chi connectivity index (χ1n) is 11.5. The number of nitrogens with one attached hydrogen (secondary N) is 2. The summed E-state index contributed by atoms with van der Waals surface area (Å²) in [5, 5.41) is 5.75. The first-order chi connectivity index (χ1) is 15.0. The van der Waals surface area contributed by atoms with Gasteiger partial charge in [-0.1, -0.05) is 12.2 Å². The van der Waals surface area contributed by atoms with Crippen LogP contribution in [0.2, 0.25) is 0 Å². The van der Waals surface area contributed by atoms with E-state index in [0.717, 1.165) is 25.9 Å². The number of piperidine rings is 2. The van der Waals surface area contributed by atoms with Crippen molar-refractivity contribution in [2.24, 2.45) is 17.3 Å². The molecule has 1 aromatic rings. The van der Waals surface area contributed by atoms with E-state index in [1.54, 1.807) is 12.2 Å². The molecule has 2 saturated heterocycles. The zero-order chi connectivity index (χ0) is 21.6. The van der Waals surface area contributed by atoms with Gasteiger partial charge in [-0.05, 0) is 69.5 Å². The number of ketones is 1. The normalized spacial score (nSPS) is 28.5. The molecule has 164 valence electrons. The lowest BCUT2D eigenvalue weighted by Gasteiger charge is -2.51. The van der Waals surface area contributed by atoms with Gasteiger partial charge in [0.2, 0.25) is 11.8 Å². The Kier molecular flexibility index (Phi) is 5.16. The molecule has 7 nitrogen and oxygen atoms in total. The zero-order valence-corrected chi connectivity index (χ0v) is 17.7. The fourth-order valence-corrected chi connectivity index (χ4v) is 5.83. The maximum absolute atomic E-state index is 13.1. The fourth-order valence-electron chi connectivity index (χ4n) is 5.83. The van der Waals surface area contributed by atoms with Crippen molar-refractivity contribution < 1.29 is 14.4 Å². The number of Topliss-reactive ketones (excluding diaryl/α,β-unsaturated/α-hetero) is 1. The Hall–Kier alpha value is -2.54. The van der Waals surface area contributed by atoms with Crippen LogP contribution in [0.15, 0.2) is 29.2 Å². The van der Waals surface area contributed by atoms with Crippen LogP contribution in [-0.2, 0) is 16.0 Å². The van der Waals surface area contributed by atoms with Crippen LogP contribution in [0.4, 0.5) is 0 Å². The number of pyridine rings is 1. The number of fused-ring (bicyclic) bond motifs is 1. The number of aromatic nitrogens is 1. The van der Waals surface area contributed by atoms with Gasteiger partial charge in [0, 0.05) is 35.7 Å². The SMILES string of the molecule is O=C1CC[C@@H](/C=C/C2CCc3c(ccn(C4CC5(CCNCC5)C4)c3=O)C2=O)C(=O)N1. The van der Waals surface area contributed by atoms with Gasteiger partial charge in [0.25, 0.3) is 5.56 Å². The minimum atomic E-state index is -0.374. The molecule has 2 aliphatic carbocycles. The van der Waals surface area contributed by atoms with Crippen molar-refractivity contribution in [1.82, 2.24) is 15.2 Å². The zero-order valence-electron chi connectivity index (χ0n) is 17.7. The lowest BCUT2D eigenvalue weighted by atomic mass is 9.60. The van der Waals surface area contributed by atoms with Crippen molar-refractivity contribution in [2.45, 2.75) is 57.4 Å². The van der Waals surface area contributed by atoms with Crippen LogP contribution in [0.5, 0.6) is 0 Å². The van der Waals surface area contributed by atoms with E-state index < -0.39 is 0 Å². The van der Waals surface area contributed by atoms with Crippen molar-refractivity contribution in [3.05, 3.63) is 45.9 Å². The second kappa shape index (κ2) is 7.86. The van der Waals surface area contributed by atoms with Crippen molar-refractivity contribution in [1.29, 1.82) is 0 Å². The van der Waals surface area contributed by atoms with E-state index in [1.807, 2.05) is 16.8 Å². The molecular weight excluding hydrogens is 394 g/mol. The number of hydrogen-bond acceptors (Lipinski definition) is 5. The minimum Gasteiger partial charge on any atom is -0.317 e. The number of carbonyl (C=O) groups is 3. The molecule has 2 N–H and O–H groups in total. The van der Waals surface area contributed by atoms with Crippen LogP contribution in [-0.4, -0.2) is 35.3 Å². The van der Waals surface area contributed by atoms with E-state index in [9.17, 15) is 19.2 Å². The third-order valence-electron chi connectivity index (χ3n) is 7.78. The van der Waals surface area contributed by atoms with Crippen molar-refractivity contribution in [3.63, 3.8) is 0 Å². The molecule has 0 radical (unpaired) electrons. The molecule has 5 rings (SSSR count). The first kappa shape index (κ1) is 20.4. The van der Waals surface area contributed by atoms with Crippen molar-refractivity contribution >= 4 is 17.6 Å². The highest BCUT2D eigenvalue weighted by Crippen LogP contribution is 2.53. The summed E-state index contributed by atoms with van der Waals surface area (Å²) in [6, 6.07) is 2.06. The van der Waals surface area contributed by atoms with E-state index in [2.05, 4.69) is 10.6 Å². The maximum atomic E-state index is 13.1. The summed E-state index contributed by atoms with van der Waals surface area (Å²) in [5.74, 6) is -1.29. The summed E-state index contributed by atoms with van der Waals surface area (Å²) in [4.78, 5) is 49.4.